The summed E-state index contributed by atoms with van der Waals surface area (Å²) in [5.74, 6) is 0.654. The molecule has 0 radical (unpaired) electrons. The van der Waals surface area contributed by atoms with Crippen LogP contribution in [0.4, 0.5) is 0 Å². The van der Waals surface area contributed by atoms with E-state index in [1.807, 2.05) is 19.9 Å². The minimum atomic E-state index is 0.536. The van der Waals surface area contributed by atoms with E-state index in [1.165, 1.54) is 0 Å². The summed E-state index contributed by atoms with van der Waals surface area (Å²) >= 11 is 5.77. The van der Waals surface area contributed by atoms with Crippen LogP contribution in [0.25, 0.3) is 0 Å². The number of ether oxygens (including phenoxy) is 1. The van der Waals surface area contributed by atoms with Crippen molar-refractivity contribution < 1.29 is 4.74 Å². The van der Waals surface area contributed by atoms with Crippen LogP contribution in [0.2, 0.25) is 0 Å². The molecule has 0 saturated carbocycles. The third kappa shape index (κ3) is 3.89. The lowest BCUT2D eigenvalue weighted by atomic mass is 10.3. The SMILES string of the molecule is C=C/C(Cl)=C(\C=C(C)C)OC. The largest absolute Gasteiger partial charge is 0.495 e. The van der Waals surface area contributed by atoms with Gasteiger partial charge in [-0.25, -0.2) is 0 Å². The predicted octanol–water partition coefficient (Wildman–Crippen LogP) is 3.24. The van der Waals surface area contributed by atoms with E-state index in [9.17, 15) is 0 Å². The first-order chi connectivity index (χ1) is 5.11. The van der Waals surface area contributed by atoms with Crippen LogP contribution in [0, 0.1) is 0 Å². The maximum atomic E-state index is 5.77. The molecule has 0 heterocycles. The second-order valence-electron chi connectivity index (χ2n) is 2.34. The average molecular weight is 173 g/mol. The molecule has 0 aliphatic rings. The second-order valence-corrected chi connectivity index (χ2v) is 2.75. The predicted molar refractivity (Wildman–Crippen MR) is 49.5 cm³/mol. The summed E-state index contributed by atoms with van der Waals surface area (Å²) in [4.78, 5) is 0. The molecule has 0 amide bonds. The summed E-state index contributed by atoms with van der Waals surface area (Å²) in [6.45, 7) is 7.49. The molecule has 0 aliphatic carbocycles. The van der Waals surface area contributed by atoms with E-state index in [1.54, 1.807) is 13.2 Å². The van der Waals surface area contributed by atoms with Crippen LogP contribution in [-0.2, 0) is 4.74 Å². The maximum Gasteiger partial charge on any atom is 0.137 e. The van der Waals surface area contributed by atoms with Crippen molar-refractivity contribution >= 4 is 11.6 Å². The van der Waals surface area contributed by atoms with Crippen molar-refractivity contribution in [2.24, 2.45) is 0 Å². The Kier molecular flexibility index (Phi) is 4.71. The van der Waals surface area contributed by atoms with Gasteiger partial charge in [0.05, 0.1) is 12.1 Å². The summed E-state index contributed by atoms with van der Waals surface area (Å²) in [5.41, 5.74) is 1.14. The van der Waals surface area contributed by atoms with E-state index >= 15 is 0 Å². The molecule has 0 spiro atoms. The van der Waals surface area contributed by atoms with Crippen LogP contribution in [-0.4, -0.2) is 7.11 Å². The highest BCUT2D eigenvalue weighted by atomic mass is 35.5. The Hall–Kier alpha value is -0.690. The first-order valence-electron chi connectivity index (χ1n) is 3.33. The topological polar surface area (TPSA) is 9.23 Å². The van der Waals surface area contributed by atoms with Gasteiger partial charge in [-0.1, -0.05) is 23.8 Å². The lowest BCUT2D eigenvalue weighted by molar-refractivity contribution is 0.305. The third-order valence-corrected chi connectivity index (χ3v) is 1.39. The van der Waals surface area contributed by atoms with Crippen molar-refractivity contribution in [3.8, 4) is 0 Å². The molecule has 0 aromatic carbocycles. The number of methoxy groups -OCH3 is 1. The molecule has 0 atom stereocenters. The summed E-state index contributed by atoms with van der Waals surface area (Å²) < 4.78 is 5.01. The molecule has 0 aliphatic heterocycles. The Morgan fingerprint density at radius 3 is 2.27 bits per heavy atom. The van der Waals surface area contributed by atoms with E-state index in [-0.39, 0.29) is 0 Å². The van der Waals surface area contributed by atoms with E-state index < -0.39 is 0 Å². The molecule has 62 valence electrons. The van der Waals surface area contributed by atoms with Crippen LogP contribution >= 0.6 is 11.6 Å². The Morgan fingerprint density at radius 2 is 2.00 bits per heavy atom. The highest BCUT2D eigenvalue weighted by molar-refractivity contribution is 6.31. The second kappa shape index (κ2) is 5.03. The normalized spacial score (nSPS) is 11.6. The molecular weight excluding hydrogens is 160 g/mol. The molecular formula is C9H13ClO. The van der Waals surface area contributed by atoms with Gasteiger partial charge in [0.2, 0.25) is 0 Å². The molecule has 0 fully saturated rings. The minimum Gasteiger partial charge on any atom is -0.495 e. The van der Waals surface area contributed by atoms with Crippen molar-refractivity contribution in [3.05, 3.63) is 35.1 Å². The molecule has 0 unspecified atom stereocenters. The van der Waals surface area contributed by atoms with Crippen molar-refractivity contribution in [2.75, 3.05) is 7.11 Å². The van der Waals surface area contributed by atoms with Gasteiger partial charge in [0, 0.05) is 0 Å². The minimum absolute atomic E-state index is 0.536. The number of hydrogen-bond acceptors (Lipinski definition) is 1. The zero-order chi connectivity index (χ0) is 8.85. The van der Waals surface area contributed by atoms with Gasteiger partial charge in [-0.2, -0.15) is 0 Å². The van der Waals surface area contributed by atoms with Crippen LogP contribution in [0.1, 0.15) is 13.8 Å². The lowest BCUT2D eigenvalue weighted by Gasteiger charge is -2.01. The molecule has 2 heteroatoms. The van der Waals surface area contributed by atoms with Gasteiger partial charge in [-0.05, 0) is 26.0 Å². The zero-order valence-electron chi connectivity index (χ0n) is 7.15. The molecule has 0 aromatic heterocycles. The first-order valence-corrected chi connectivity index (χ1v) is 3.70. The van der Waals surface area contributed by atoms with Crippen LogP contribution < -0.4 is 0 Å². The van der Waals surface area contributed by atoms with Crippen molar-refractivity contribution in [1.29, 1.82) is 0 Å². The standard InChI is InChI=1S/C9H13ClO/c1-5-8(10)9(11-4)6-7(2)3/h5-6H,1H2,2-4H3/b9-8-. The highest BCUT2D eigenvalue weighted by Crippen LogP contribution is 2.13. The van der Waals surface area contributed by atoms with Gasteiger partial charge in [-0.15, -0.1) is 0 Å². The van der Waals surface area contributed by atoms with Crippen molar-refractivity contribution in [1.82, 2.24) is 0 Å². The number of halogens is 1. The summed E-state index contributed by atoms with van der Waals surface area (Å²) in [7, 11) is 1.58. The fourth-order valence-electron chi connectivity index (χ4n) is 0.588. The Morgan fingerprint density at radius 1 is 1.45 bits per heavy atom. The smallest absolute Gasteiger partial charge is 0.137 e. The number of rotatable bonds is 3. The highest BCUT2D eigenvalue weighted by Gasteiger charge is 1.96. The number of allylic oxidation sites excluding steroid dienone is 4. The molecule has 1 nitrogen and oxygen atoms in total. The average Bonchev–Trinajstić information content (AvgIpc) is 1.98. The van der Waals surface area contributed by atoms with Gasteiger partial charge >= 0.3 is 0 Å². The van der Waals surface area contributed by atoms with Crippen molar-refractivity contribution in [3.63, 3.8) is 0 Å². The molecule has 0 saturated heterocycles. The molecule has 0 rings (SSSR count). The van der Waals surface area contributed by atoms with Gasteiger partial charge in [-0.3, -0.25) is 0 Å². The molecule has 0 aromatic rings. The van der Waals surface area contributed by atoms with E-state index in [4.69, 9.17) is 16.3 Å². The van der Waals surface area contributed by atoms with E-state index in [0.717, 1.165) is 5.57 Å². The van der Waals surface area contributed by atoms with Crippen LogP contribution in [0.3, 0.4) is 0 Å². The molecule has 0 N–H and O–H groups in total. The quantitative estimate of drug-likeness (QED) is 0.469. The maximum absolute atomic E-state index is 5.77. The van der Waals surface area contributed by atoms with Crippen molar-refractivity contribution in [2.45, 2.75) is 13.8 Å². The third-order valence-electron chi connectivity index (χ3n) is 1.05. The van der Waals surface area contributed by atoms with E-state index in [0.29, 0.717) is 10.8 Å². The fraction of sp³-hybridized carbons (Fsp3) is 0.333. The summed E-state index contributed by atoms with van der Waals surface area (Å²) in [6, 6.07) is 0. The van der Waals surface area contributed by atoms with Gasteiger partial charge < -0.3 is 4.74 Å². The fourth-order valence-corrected chi connectivity index (χ4v) is 0.720. The molecule has 0 bridgehead atoms. The first kappa shape index (κ1) is 10.3. The monoisotopic (exact) mass is 172 g/mol. The van der Waals surface area contributed by atoms with Gasteiger partial charge in [0.1, 0.15) is 5.76 Å². The lowest BCUT2D eigenvalue weighted by Crippen LogP contribution is -1.85. The molecule has 11 heavy (non-hydrogen) atoms. The van der Waals surface area contributed by atoms with Crippen LogP contribution in [0.15, 0.2) is 35.1 Å². The van der Waals surface area contributed by atoms with Gasteiger partial charge in [0.25, 0.3) is 0 Å². The van der Waals surface area contributed by atoms with Crippen LogP contribution in [0.5, 0.6) is 0 Å². The Labute approximate surface area is 73.0 Å². The summed E-state index contributed by atoms with van der Waals surface area (Å²) in [5, 5.41) is 0.536. The van der Waals surface area contributed by atoms with E-state index in [2.05, 4.69) is 6.58 Å². The Bertz CT molecular complexity index is 198. The zero-order valence-corrected chi connectivity index (χ0v) is 7.90. The summed E-state index contributed by atoms with van der Waals surface area (Å²) in [6.07, 6.45) is 3.42. The Balaban J connectivity index is 4.66. The van der Waals surface area contributed by atoms with Gasteiger partial charge in [0.15, 0.2) is 0 Å². The number of hydrogen-bond donors (Lipinski definition) is 0.